The van der Waals surface area contributed by atoms with E-state index in [9.17, 15) is 9.59 Å². The van der Waals surface area contributed by atoms with E-state index < -0.39 is 5.41 Å². The molecule has 3 heterocycles. The number of fused-ring (bicyclic) bond motifs is 1. The topological polar surface area (TPSA) is 66.4 Å². The lowest BCUT2D eigenvalue weighted by Gasteiger charge is -2.36. The van der Waals surface area contributed by atoms with E-state index in [-0.39, 0.29) is 17.7 Å². The average molecular weight is 435 g/mol. The van der Waals surface area contributed by atoms with Crippen LogP contribution in [0.15, 0.2) is 30.3 Å². The number of hydrogen-bond acceptors (Lipinski definition) is 4. The minimum atomic E-state index is -0.390. The number of aryl methyl sites for hydroxylation is 2. The second-order valence-electron chi connectivity index (χ2n) is 10.1. The Morgan fingerprint density at radius 2 is 1.91 bits per heavy atom. The van der Waals surface area contributed by atoms with Gasteiger partial charge in [0, 0.05) is 42.2 Å². The van der Waals surface area contributed by atoms with Gasteiger partial charge in [-0.15, -0.1) is 0 Å². The molecule has 2 aliphatic heterocycles. The second-order valence-corrected chi connectivity index (χ2v) is 10.1. The number of piperidine rings is 1. The molecule has 0 N–H and O–H groups in total. The summed E-state index contributed by atoms with van der Waals surface area (Å²) in [5.41, 5.74) is 2.74. The van der Waals surface area contributed by atoms with E-state index in [0.29, 0.717) is 19.5 Å². The Morgan fingerprint density at radius 3 is 2.62 bits per heavy atom. The zero-order valence-electron chi connectivity index (χ0n) is 19.7. The molecule has 2 amide bonds. The van der Waals surface area contributed by atoms with Crippen LogP contribution in [0, 0.1) is 12.3 Å². The molecule has 2 aliphatic rings. The summed E-state index contributed by atoms with van der Waals surface area (Å²) in [7, 11) is 0. The molecule has 6 nitrogen and oxygen atoms in total. The van der Waals surface area contributed by atoms with Crippen molar-refractivity contribution in [1.29, 1.82) is 0 Å². The van der Waals surface area contributed by atoms with Crippen LogP contribution in [0.1, 0.15) is 68.6 Å². The molecule has 1 atom stereocenters. The van der Waals surface area contributed by atoms with Crippen LogP contribution in [0.3, 0.4) is 0 Å². The van der Waals surface area contributed by atoms with Crippen molar-refractivity contribution < 1.29 is 9.59 Å². The van der Waals surface area contributed by atoms with Crippen molar-refractivity contribution in [2.45, 2.75) is 65.7 Å². The van der Waals surface area contributed by atoms with Gasteiger partial charge in [-0.05, 0) is 38.2 Å². The highest BCUT2D eigenvalue weighted by Crippen LogP contribution is 2.33. The van der Waals surface area contributed by atoms with Crippen LogP contribution in [0.5, 0.6) is 0 Å². The Labute approximate surface area is 191 Å². The number of likely N-dealkylation sites (tertiary alicyclic amines) is 1. The standard InChI is InChI=1S/C26H34N4O2/c1-18-21-16-22(31)30(15-8-12-19-10-6-5-7-11-19)24(21)28-23(27-18)20-13-9-14-29(17-20)25(32)26(2,3)4/h5-7,10-11,20H,8-9,12-17H2,1-4H3/t20-/m0/s1. The first kappa shape index (κ1) is 22.4. The predicted octanol–water partition coefficient (Wildman–Crippen LogP) is 4.06. The number of anilines is 1. The van der Waals surface area contributed by atoms with E-state index in [1.807, 2.05) is 55.7 Å². The van der Waals surface area contributed by atoms with Crippen molar-refractivity contribution in [3.05, 3.63) is 53.0 Å². The summed E-state index contributed by atoms with van der Waals surface area (Å²) in [6.07, 6.45) is 4.13. The number of benzene rings is 1. The Kier molecular flexibility index (Phi) is 6.31. The monoisotopic (exact) mass is 434 g/mol. The molecule has 2 aromatic rings. The van der Waals surface area contributed by atoms with Gasteiger partial charge < -0.3 is 4.90 Å². The highest BCUT2D eigenvalue weighted by Gasteiger charge is 2.35. The van der Waals surface area contributed by atoms with E-state index in [1.54, 1.807) is 0 Å². The largest absolute Gasteiger partial charge is 0.342 e. The van der Waals surface area contributed by atoms with Gasteiger partial charge in [-0.2, -0.15) is 0 Å². The summed E-state index contributed by atoms with van der Waals surface area (Å²) in [5.74, 6) is 1.95. The van der Waals surface area contributed by atoms with Crippen molar-refractivity contribution in [3.8, 4) is 0 Å². The third-order valence-corrected chi connectivity index (χ3v) is 6.50. The molecule has 0 spiro atoms. The maximum absolute atomic E-state index is 12.8. The van der Waals surface area contributed by atoms with E-state index in [1.165, 1.54) is 5.56 Å². The van der Waals surface area contributed by atoms with Crippen LogP contribution in [0.4, 0.5) is 5.82 Å². The van der Waals surface area contributed by atoms with E-state index in [2.05, 4.69) is 12.1 Å². The lowest BCUT2D eigenvalue weighted by molar-refractivity contribution is -0.140. The number of nitrogens with zero attached hydrogens (tertiary/aromatic N) is 4. The molecule has 170 valence electrons. The van der Waals surface area contributed by atoms with Gasteiger partial charge in [0.15, 0.2) is 0 Å². The van der Waals surface area contributed by atoms with Crippen molar-refractivity contribution in [3.63, 3.8) is 0 Å². The Morgan fingerprint density at radius 1 is 1.16 bits per heavy atom. The van der Waals surface area contributed by atoms with Gasteiger partial charge in [0.1, 0.15) is 11.6 Å². The van der Waals surface area contributed by atoms with E-state index in [4.69, 9.17) is 9.97 Å². The fraction of sp³-hybridized carbons (Fsp3) is 0.538. The van der Waals surface area contributed by atoms with Gasteiger partial charge in [-0.3, -0.25) is 14.5 Å². The molecule has 0 saturated carbocycles. The number of carbonyl (C=O) groups is 2. The minimum absolute atomic E-state index is 0.107. The summed E-state index contributed by atoms with van der Waals surface area (Å²) in [6, 6.07) is 10.4. The summed E-state index contributed by atoms with van der Waals surface area (Å²) in [6.45, 7) is 9.98. The number of amides is 2. The normalized spacial score (nSPS) is 18.8. The number of aromatic nitrogens is 2. The first-order valence-corrected chi connectivity index (χ1v) is 11.7. The van der Waals surface area contributed by atoms with Crippen LogP contribution in [-0.2, 0) is 22.4 Å². The van der Waals surface area contributed by atoms with Gasteiger partial charge in [0.25, 0.3) is 0 Å². The number of hydrogen-bond donors (Lipinski definition) is 0. The quantitative estimate of drug-likeness (QED) is 0.712. The summed E-state index contributed by atoms with van der Waals surface area (Å²) >= 11 is 0. The van der Waals surface area contributed by atoms with Crippen molar-refractivity contribution in [2.75, 3.05) is 24.5 Å². The van der Waals surface area contributed by atoms with Gasteiger partial charge in [-0.1, -0.05) is 51.1 Å². The molecule has 4 rings (SSSR count). The fourth-order valence-corrected chi connectivity index (χ4v) is 4.74. The third-order valence-electron chi connectivity index (χ3n) is 6.50. The zero-order valence-corrected chi connectivity index (χ0v) is 19.7. The van der Waals surface area contributed by atoms with Crippen molar-refractivity contribution in [1.82, 2.24) is 14.9 Å². The van der Waals surface area contributed by atoms with Crippen LogP contribution in [-0.4, -0.2) is 46.3 Å². The van der Waals surface area contributed by atoms with Gasteiger partial charge in [0.2, 0.25) is 11.8 Å². The van der Waals surface area contributed by atoms with Gasteiger partial charge in [-0.25, -0.2) is 9.97 Å². The molecule has 0 bridgehead atoms. The second kappa shape index (κ2) is 9.00. The molecule has 1 fully saturated rings. The molecule has 1 saturated heterocycles. The van der Waals surface area contributed by atoms with Gasteiger partial charge >= 0.3 is 0 Å². The maximum Gasteiger partial charge on any atom is 0.232 e. The fourth-order valence-electron chi connectivity index (χ4n) is 4.74. The highest BCUT2D eigenvalue weighted by molar-refractivity contribution is 6.00. The molecular formula is C26H34N4O2. The lowest BCUT2D eigenvalue weighted by atomic mass is 9.91. The smallest absolute Gasteiger partial charge is 0.232 e. The molecule has 32 heavy (non-hydrogen) atoms. The van der Waals surface area contributed by atoms with Crippen LogP contribution >= 0.6 is 0 Å². The molecule has 1 aromatic heterocycles. The SMILES string of the molecule is Cc1nc([C@H]2CCCN(C(=O)C(C)(C)C)C2)nc2c1CC(=O)N2CCCc1ccccc1. The molecule has 6 heteroatoms. The van der Waals surface area contributed by atoms with Crippen molar-refractivity contribution in [2.24, 2.45) is 5.41 Å². The van der Waals surface area contributed by atoms with Crippen LogP contribution < -0.4 is 4.90 Å². The molecular weight excluding hydrogens is 400 g/mol. The van der Waals surface area contributed by atoms with Gasteiger partial charge in [0.05, 0.1) is 6.42 Å². The summed E-state index contributed by atoms with van der Waals surface area (Å²) in [5, 5.41) is 0. The average Bonchev–Trinajstić information content (AvgIpc) is 3.09. The molecule has 0 aliphatic carbocycles. The Hall–Kier alpha value is -2.76. The molecule has 0 unspecified atom stereocenters. The number of carbonyl (C=O) groups excluding carboxylic acids is 2. The number of rotatable bonds is 5. The Balaban J connectivity index is 1.51. The lowest BCUT2D eigenvalue weighted by Crippen LogP contribution is -2.45. The highest BCUT2D eigenvalue weighted by atomic mass is 16.2. The third kappa shape index (κ3) is 4.69. The van der Waals surface area contributed by atoms with Crippen LogP contribution in [0.2, 0.25) is 0 Å². The summed E-state index contributed by atoms with van der Waals surface area (Å²) < 4.78 is 0. The first-order chi connectivity index (χ1) is 15.2. The molecule has 0 radical (unpaired) electrons. The van der Waals surface area contributed by atoms with E-state index in [0.717, 1.165) is 55.1 Å². The van der Waals surface area contributed by atoms with Crippen LogP contribution in [0.25, 0.3) is 0 Å². The summed E-state index contributed by atoms with van der Waals surface area (Å²) in [4.78, 5) is 39.1. The Bertz CT molecular complexity index is 997. The molecule has 1 aromatic carbocycles. The zero-order chi connectivity index (χ0) is 22.9. The maximum atomic E-state index is 12.8. The minimum Gasteiger partial charge on any atom is -0.342 e. The predicted molar refractivity (Wildman–Crippen MR) is 126 cm³/mol. The van der Waals surface area contributed by atoms with Crippen molar-refractivity contribution >= 4 is 17.6 Å². The first-order valence-electron chi connectivity index (χ1n) is 11.7. The van der Waals surface area contributed by atoms with E-state index >= 15 is 0 Å².